The third-order valence-electron chi connectivity index (χ3n) is 4.04. The number of benzene rings is 1. The first kappa shape index (κ1) is 14.9. The summed E-state index contributed by atoms with van der Waals surface area (Å²) in [6, 6.07) is 11.2. The maximum absolute atomic E-state index is 12.3. The second kappa shape index (κ2) is 5.29. The Morgan fingerprint density at radius 2 is 1.95 bits per heavy atom. The lowest BCUT2D eigenvalue weighted by Crippen LogP contribution is -2.35. The van der Waals surface area contributed by atoms with E-state index < -0.39 is 5.41 Å². The van der Waals surface area contributed by atoms with Crippen LogP contribution < -0.4 is 4.74 Å². The lowest BCUT2D eigenvalue weighted by Gasteiger charge is -2.36. The molecule has 1 unspecified atom stereocenters. The van der Waals surface area contributed by atoms with E-state index in [0.717, 1.165) is 11.1 Å². The quantitative estimate of drug-likeness (QED) is 0.616. The molecule has 2 heterocycles. The number of pyridine rings is 1. The molecule has 0 aliphatic carbocycles. The standard InChI is InChI=1S/C17H16ClNO3/c1-17(2,16(20)21-3)14-10-6-4-5-7-12(10)22-15-11(14)8-9-13(18)19-15/h4-9,14H,1-3H3. The second-order valence-corrected chi connectivity index (χ2v) is 6.20. The third-order valence-corrected chi connectivity index (χ3v) is 4.25. The van der Waals surface area contributed by atoms with Crippen molar-refractivity contribution < 1.29 is 14.3 Å². The molecule has 3 rings (SSSR count). The molecule has 1 aliphatic rings. The highest BCUT2D eigenvalue weighted by molar-refractivity contribution is 6.29. The van der Waals surface area contributed by atoms with Gasteiger partial charge in [0.2, 0.25) is 5.88 Å². The minimum atomic E-state index is -0.765. The summed E-state index contributed by atoms with van der Waals surface area (Å²) in [5.41, 5.74) is 1.01. The first-order chi connectivity index (χ1) is 10.4. The third kappa shape index (κ3) is 2.24. The second-order valence-electron chi connectivity index (χ2n) is 5.81. The lowest BCUT2D eigenvalue weighted by molar-refractivity contribution is -0.151. The van der Waals surface area contributed by atoms with Crippen molar-refractivity contribution in [3.8, 4) is 11.6 Å². The predicted molar refractivity (Wildman–Crippen MR) is 83.4 cm³/mol. The Hall–Kier alpha value is -2.07. The highest BCUT2D eigenvalue weighted by Crippen LogP contribution is 2.51. The molecule has 0 amide bonds. The Kier molecular flexibility index (Phi) is 3.57. The molecule has 22 heavy (non-hydrogen) atoms. The summed E-state index contributed by atoms with van der Waals surface area (Å²) in [5, 5.41) is 0.354. The normalized spacial score (nSPS) is 16.3. The van der Waals surface area contributed by atoms with Crippen LogP contribution in [0.3, 0.4) is 0 Å². The van der Waals surface area contributed by atoms with Crippen molar-refractivity contribution in [3.63, 3.8) is 0 Å². The Labute approximate surface area is 134 Å². The molecule has 1 aliphatic heterocycles. The van der Waals surface area contributed by atoms with E-state index in [2.05, 4.69) is 4.98 Å². The van der Waals surface area contributed by atoms with Crippen LogP contribution in [0.25, 0.3) is 0 Å². The number of methoxy groups -OCH3 is 1. The molecule has 0 radical (unpaired) electrons. The summed E-state index contributed by atoms with van der Waals surface area (Å²) in [5.74, 6) is 0.625. The summed E-state index contributed by atoms with van der Waals surface area (Å²) >= 11 is 5.97. The molecular formula is C17H16ClNO3. The molecule has 5 heteroatoms. The van der Waals surface area contributed by atoms with Crippen LogP contribution in [0.15, 0.2) is 36.4 Å². The zero-order valence-electron chi connectivity index (χ0n) is 12.6. The van der Waals surface area contributed by atoms with Crippen LogP contribution in [0.5, 0.6) is 11.6 Å². The van der Waals surface area contributed by atoms with Crippen LogP contribution in [0.2, 0.25) is 5.15 Å². The average molecular weight is 318 g/mol. The van der Waals surface area contributed by atoms with Crippen LogP contribution in [0.4, 0.5) is 0 Å². The van der Waals surface area contributed by atoms with Gasteiger partial charge in [0.1, 0.15) is 10.9 Å². The van der Waals surface area contributed by atoms with Gasteiger partial charge in [-0.05, 0) is 32.0 Å². The first-order valence-electron chi connectivity index (χ1n) is 6.96. The number of hydrogen-bond donors (Lipinski definition) is 0. The number of rotatable bonds is 2. The lowest BCUT2D eigenvalue weighted by atomic mass is 9.70. The van der Waals surface area contributed by atoms with Gasteiger partial charge in [0.05, 0.1) is 12.5 Å². The zero-order valence-corrected chi connectivity index (χ0v) is 13.3. The number of para-hydroxylation sites is 1. The van der Waals surface area contributed by atoms with Crippen LogP contribution in [0, 0.1) is 5.41 Å². The van der Waals surface area contributed by atoms with Crippen molar-refractivity contribution in [2.45, 2.75) is 19.8 Å². The van der Waals surface area contributed by atoms with Gasteiger partial charge < -0.3 is 9.47 Å². The highest BCUT2D eigenvalue weighted by Gasteiger charge is 2.44. The molecule has 0 bridgehead atoms. The average Bonchev–Trinajstić information content (AvgIpc) is 2.51. The van der Waals surface area contributed by atoms with Gasteiger partial charge in [0.25, 0.3) is 0 Å². The summed E-state index contributed by atoms with van der Waals surface area (Å²) in [6.07, 6.45) is 0. The van der Waals surface area contributed by atoms with Gasteiger partial charge in [-0.1, -0.05) is 29.8 Å². The van der Waals surface area contributed by atoms with E-state index in [0.29, 0.717) is 16.8 Å². The van der Waals surface area contributed by atoms with Crippen molar-refractivity contribution in [2.24, 2.45) is 5.41 Å². The summed E-state index contributed by atoms with van der Waals surface area (Å²) in [6.45, 7) is 3.73. The van der Waals surface area contributed by atoms with E-state index in [-0.39, 0.29) is 11.9 Å². The maximum Gasteiger partial charge on any atom is 0.312 e. The molecule has 1 atom stereocenters. The van der Waals surface area contributed by atoms with Crippen molar-refractivity contribution in [3.05, 3.63) is 52.7 Å². The number of halogens is 1. The number of carbonyl (C=O) groups excluding carboxylic acids is 1. The number of ether oxygens (including phenoxy) is 2. The van der Waals surface area contributed by atoms with Gasteiger partial charge in [-0.3, -0.25) is 4.79 Å². The molecule has 0 fully saturated rings. The van der Waals surface area contributed by atoms with Gasteiger partial charge in [0, 0.05) is 17.0 Å². The van der Waals surface area contributed by atoms with Crippen LogP contribution in [-0.2, 0) is 9.53 Å². The molecule has 1 aromatic carbocycles. The fourth-order valence-electron chi connectivity index (χ4n) is 2.97. The van der Waals surface area contributed by atoms with E-state index >= 15 is 0 Å². The fourth-order valence-corrected chi connectivity index (χ4v) is 3.11. The van der Waals surface area contributed by atoms with Crippen LogP contribution in [0.1, 0.15) is 30.9 Å². The summed E-state index contributed by atoms with van der Waals surface area (Å²) in [4.78, 5) is 16.6. The molecule has 0 N–H and O–H groups in total. The smallest absolute Gasteiger partial charge is 0.312 e. The Morgan fingerprint density at radius 1 is 1.23 bits per heavy atom. The van der Waals surface area contributed by atoms with Crippen molar-refractivity contribution in [1.82, 2.24) is 4.98 Å². The number of esters is 1. The van der Waals surface area contributed by atoms with Gasteiger partial charge in [-0.2, -0.15) is 0 Å². The summed E-state index contributed by atoms with van der Waals surface area (Å²) in [7, 11) is 1.40. The number of nitrogens with zero attached hydrogens (tertiary/aromatic N) is 1. The predicted octanol–water partition coefficient (Wildman–Crippen LogP) is 4.17. The number of fused-ring (bicyclic) bond motifs is 2. The van der Waals surface area contributed by atoms with Crippen molar-refractivity contribution >= 4 is 17.6 Å². The SMILES string of the molecule is COC(=O)C(C)(C)C1c2ccccc2Oc2nc(Cl)ccc21. The van der Waals surface area contributed by atoms with E-state index in [4.69, 9.17) is 21.1 Å². The van der Waals surface area contributed by atoms with Crippen LogP contribution >= 0.6 is 11.6 Å². The minimum Gasteiger partial charge on any atom is -0.469 e. The summed E-state index contributed by atoms with van der Waals surface area (Å²) < 4.78 is 10.8. The zero-order chi connectivity index (χ0) is 15.9. The highest BCUT2D eigenvalue weighted by atomic mass is 35.5. The molecule has 0 spiro atoms. The molecule has 114 valence electrons. The van der Waals surface area contributed by atoms with E-state index in [9.17, 15) is 4.79 Å². The van der Waals surface area contributed by atoms with Crippen molar-refractivity contribution in [1.29, 1.82) is 0 Å². The Morgan fingerprint density at radius 3 is 2.68 bits per heavy atom. The van der Waals surface area contributed by atoms with Gasteiger partial charge in [0.15, 0.2) is 0 Å². The largest absolute Gasteiger partial charge is 0.469 e. The van der Waals surface area contributed by atoms with Crippen LogP contribution in [-0.4, -0.2) is 18.1 Å². The van der Waals surface area contributed by atoms with E-state index in [1.54, 1.807) is 6.07 Å². The molecular weight excluding hydrogens is 302 g/mol. The topological polar surface area (TPSA) is 48.4 Å². The van der Waals surface area contributed by atoms with Crippen molar-refractivity contribution in [2.75, 3.05) is 7.11 Å². The Balaban J connectivity index is 2.23. The first-order valence-corrected chi connectivity index (χ1v) is 7.34. The molecule has 0 saturated carbocycles. The van der Waals surface area contributed by atoms with Gasteiger partial charge in [-0.15, -0.1) is 0 Å². The minimum absolute atomic E-state index is 0.218. The van der Waals surface area contributed by atoms with E-state index in [1.165, 1.54) is 7.11 Å². The number of carbonyl (C=O) groups is 1. The van der Waals surface area contributed by atoms with Gasteiger partial charge >= 0.3 is 5.97 Å². The molecule has 2 aromatic rings. The molecule has 1 aromatic heterocycles. The van der Waals surface area contributed by atoms with Gasteiger partial charge in [-0.25, -0.2) is 4.98 Å². The maximum atomic E-state index is 12.3. The fraction of sp³-hybridized carbons (Fsp3) is 0.294. The van der Waals surface area contributed by atoms with E-state index in [1.807, 2.05) is 44.2 Å². The Bertz CT molecular complexity index is 742. The monoisotopic (exact) mass is 317 g/mol. The molecule has 0 saturated heterocycles. The number of aromatic nitrogens is 1. The number of hydrogen-bond acceptors (Lipinski definition) is 4. The molecule has 4 nitrogen and oxygen atoms in total.